The number of thiol groups is 2. The number of aromatic amines is 2. The van der Waals surface area contributed by atoms with Crippen LogP contribution in [0.1, 0.15) is 76.9 Å². The van der Waals surface area contributed by atoms with E-state index in [1.165, 1.54) is 80.5 Å². The minimum absolute atomic E-state index is 0.0492. The number of phenols is 2. The molecule has 0 saturated carbocycles. The van der Waals surface area contributed by atoms with Gasteiger partial charge >= 0.3 is 5.97 Å². The van der Waals surface area contributed by atoms with E-state index >= 15 is 0 Å². The highest BCUT2D eigenvalue weighted by Gasteiger charge is 2.36. The second-order valence-electron chi connectivity index (χ2n) is 22.0. The molecule has 0 aliphatic heterocycles. The van der Waals surface area contributed by atoms with Gasteiger partial charge < -0.3 is 89.3 Å². The third-order valence-corrected chi connectivity index (χ3v) is 14.2. The molecule has 0 radical (unpaired) electrons. The van der Waals surface area contributed by atoms with E-state index in [-0.39, 0.29) is 66.9 Å². The first-order chi connectivity index (χ1) is 42.1. The Morgan fingerprint density at radius 1 is 0.483 bits per heavy atom. The normalized spacial score (nSPS) is 14.9. The monoisotopic (exact) mass is 1280 g/mol. The Hall–Kier alpha value is -8.75. The van der Waals surface area contributed by atoms with Gasteiger partial charge in [0, 0.05) is 61.0 Å². The van der Waals surface area contributed by atoms with Crippen LogP contribution in [0.3, 0.4) is 0 Å². The smallest absolute Gasteiger partial charge is 0.326 e. The summed E-state index contributed by atoms with van der Waals surface area (Å²) < 4.78 is 0. The van der Waals surface area contributed by atoms with Gasteiger partial charge in [-0.2, -0.15) is 25.3 Å². The SMILES string of the molecule is CC(C)C[C@H](NC(=O)[C@H](CS)NC(=O)[C@@H](NC(=O)CNC(=O)[C@H](Cc1ccc(O)cc1)NC(=O)[C@H](Cc1ccc(O)cc1)NC(=O)[C@H](Cc1cnc[nH]1)NC(=O)[C@H](CS)NC(=O)[C@H](C)NC(=O)[C@@H](N)CC(C)C)[C@@H](C)O)C(=O)N[C@@H](Cc1cnc[nH]1)C(=O)O. The van der Waals surface area contributed by atoms with Crippen molar-refractivity contribution in [1.82, 2.24) is 73.1 Å². The van der Waals surface area contributed by atoms with Crippen LogP contribution in [0.15, 0.2) is 73.6 Å². The predicted molar refractivity (Wildman–Crippen MR) is 328 cm³/mol. The van der Waals surface area contributed by atoms with Crippen molar-refractivity contribution in [2.24, 2.45) is 17.6 Å². The predicted octanol–water partition coefficient (Wildman–Crippen LogP) is -2.94. The van der Waals surface area contributed by atoms with Crippen molar-refractivity contribution in [3.8, 4) is 11.5 Å². The van der Waals surface area contributed by atoms with Gasteiger partial charge in [0.25, 0.3) is 0 Å². The van der Waals surface area contributed by atoms with Crippen LogP contribution in [0.2, 0.25) is 0 Å². The van der Waals surface area contributed by atoms with E-state index in [0.29, 0.717) is 28.9 Å². The minimum atomic E-state index is -1.76. The number of carboxylic acid groups (broad SMARTS) is 1. The van der Waals surface area contributed by atoms with E-state index < -0.39 is 138 Å². The van der Waals surface area contributed by atoms with E-state index in [2.05, 4.69) is 98.4 Å². The number of hydrogen-bond acceptors (Lipinski definition) is 19. The topological polar surface area (TPSA) is 472 Å². The molecule has 0 aliphatic rings. The van der Waals surface area contributed by atoms with Crippen molar-refractivity contribution in [3.63, 3.8) is 0 Å². The van der Waals surface area contributed by atoms with Crippen molar-refractivity contribution in [1.29, 1.82) is 0 Å². The van der Waals surface area contributed by atoms with Gasteiger partial charge in [0.1, 0.15) is 65.9 Å². The van der Waals surface area contributed by atoms with Crippen LogP contribution in [-0.2, 0) is 78.4 Å². The number of phenolic OH excluding ortho intramolecular Hbond substituents is 2. The number of nitrogens with zero attached hydrogens (tertiary/aromatic N) is 2. The van der Waals surface area contributed by atoms with E-state index in [4.69, 9.17) is 5.73 Å². The van der Waals surface area contributed by atoms with Crippen molar-refractivity contribution < 1.29 is 73.2 Å². The van der Waals surface area contributed by atoms with E-state index in [1.54, 1.807) is 13.8 Å². The molecule has 10 amide bonds. The zero-order chi connectivity index (χ0) is 66.1. The molecule has 18 N–H and O–H groups in total. The summed E-state index contributed by atoms with van der Waals surface area (Å²) in [6.07, 6.45) is 3.28. The number of hydrogen-bond donors (Lipinski definition) is 19. The van der Waals surface area contributed by atoms with Gasteiger partial charge in [-0.1, -0.05) is 52.0 Å². The Morgan fingerprint density at radius 3 is 1.30 bits per heavy atom. The molecule has 0 bridgehead atoms. The molecule has 4 aromatic rings. The largest absolute Gasteiger partial charge is 0.508 e. The number of aromatic hydroxyl groups is 2. The third-order valence-electron chi connectivity index (χ3n) is 13.5. The average Bonchev–Trinajstić information content (AvgIpc) is 4.09. The van der Waals surface area contributed by atoms with Crippen molar-refractivity contribution in [3.05, 3.63) is 96.1 Å². The average molecular weight is 1280 g/mol. The summed E-state index contributed by atoms with van der Waals surface area (Å²) in [6.45, 7) is 8.95. The van der Waals surface area contributed by atoms with Crippen molar-refractivity contribution in [2.45, 2.75) is 147 Å². The van der Waals surface area contributed by atoms with Gasteiger partial charge in [-0.05, 0) is 73.9 Å². The molecule has 4 rings (SSSR count). The fraction of sp³-hybridized carbons (Fsp3) is 0.491. The lowest BCUT2D eigenvalue weighted by molar-refractivity contribution is -0.142. The molecular weight excluding hydrogens is 1200 g/mol. The summed E-state index contributed by atoms with van der Waals surface area (Å²) in [5.41, 5.74) is 7.56. The number of benzene rings is 2. The zero-order valence-electron chi connectivity index (χ0n) is 49.9. The fourth-order valence-electron chi connectivity index (χ4n) is 8.73. The number of carbonyl (C=O) groups excluding carboxylic acids is 10. The van der Waals surface area contributed by atoms with Crippen LogP contribution < -0.4 is 58.9 Å². The number of carbonyl (C=O) groups is 11. The third kappa shape index (κ3) is 24.7. The number of aromatic nitrogens is 4. The lowest BCUT2D eigenvalue weighted by atomic mass is 10.0. The number of carboxylic acids is 1. The molecule has 2 aromatic carbocycles. The first-order valence-corrected chi connectivity index (χ1v) is 29.7. The lowest BCUT2D eigenvalue weighted by Gasteiger charge is -2.27. The fourth-order valence-corrected chi connectivity index (χ4v) is 9.24. The molecule has 0 fully saturated rings. The maximum absolute atomic E-state index is 14.6. The molecule has 89 heavy (non-hydrogen) atoms. The van der Waals surface area contributed by atoms with Gasteiger partial charge in [0.05, 0.1) is 31.3 Å². The van der Waals surface area contributed by atoms with Crippen LogP contribution in [0.25, 0.3) is 0 Å². The van der Waals surface area contributed by atoms with Crippen molar-refractivity contribution >= 4 is 90.3 Å². The summed E-state index contributed by atoms with van der Waals surface area (Å²) in [4.78, 5) is 163. The first-order valence-electron chi connectivity index (χ1n) is 28.5. The minimum Gasteiger partial charge on any atom is -0.508 e. The number of imidazole rings is 2. The zero-order valence-corrected chi connectivity index (χ0v) is 51.7. The Bertz CT molecular complexity index is 3010. The number of aliphatic hydroxyl groups excluding tert-OH is 1. The molecule has 2 heterocycles. The molecule has 0 spiro atoms. The first kappa shape index (κ1) is 72.7. The van der Waals surface area contributed by atoms with Gasteiger partial charge in [0.2, 0.25) is 59.1 Å². The van der Waals surface area contributed by atoms with Crippen LogP contribution in [0, 0.1) is 11.8 Å². The number of H-pyrrole nitrogens is 2. The molecule has 2 aromatic heterocycles. The second kappa shape index (κ2) is 35.9. The van der Waals surface area contributed by atoms with E-state index in [0.717, 1.165) is 6.92 Å². The Morgan fingerprint density at radius 2 is 0.876 bits per heavy atom. The molecule has 11 atom stereocenters. The van der Waals surface area contributed by atoms with Gasteiger partial charge in [-0.25, -0.2) is 14.8 Å². The van der Waals surface area contributed by atoms with E-state index in [9.17, 15) is 73.2 Å². The van der Waals surface area contributed by atoms with Crippen molar-refractivity contribution in [2.75, 3.05) is 18.1 Å². The van der Waals surface area contributed by atoms with E-state index in [1.807, 2.05) is 13.8 Å². The van der Waals surface area contributed by atoms with Crippen LogP contribution in [0.4, 0.5) is 0 Å². The number of nitrogens with two attached hydrogens (primary N) is 1. The van der Waals surface area contributed by atoms with Crippen LogP contribution in [-0.4, -0.2) is 190 Å². The standard InChI is InChI=1S/C57H81N15O15S2/c1-28(2)15-38(58)49(78)64-30(5)48(77)70-44(24-88)54(83)68-42(19-34-21-59-26-62-34)53(82)67-41(18-33-9-13-37(75)14-10-33)52(81)66-40(17-32-7-11-36(74)12-8-32)50(79)61-23-46(76)72-47(31(6)73)56(85)71-45(25-89)55(84)65-39(16-29(3)4)51(80)69-43(57(86)87)20-35-22-60-27-63-35/h7-14,21-22,26-31,38-45,47,73-75,88-89H,15-20,23-25,58H2,1-6H3,(H,59,62)(H,60,63)(H,61,79)(H,64,78)(H,65,84)(H,66,81)(H,67,82)(H,68,83)(H,69,80)(H,70,77)(H,71,85)(H,72,76)(H,86,87)/t30-,31+,38-,39-,40-,41-,42-,43-,44-,45-,47-/m0/s1. The number of rotatable bonds is 36. The molecule has 30 nitrogen and oxygen atoms in total. The molecule has 0 saturated heterocycles. The number of aliphatic hydroxyl groups is 1. The Kier molecular flexibility index (Phi) is 29.3. The summed E-state index contributed by atoms with van der Waals surface area (Å²) >= 11 is 8.44. The van der Waals surface area contributed by atoms with Gasteiger partial charge in [-0.3, -0.25) is 47.9 Å². The Labute approximate surface area is 524 Å². The van der Waals surface area contributed by atoms with Gasteiger partial charge in [-0.15, -0.1) is 0 Å². The Balaban J connectivity index is 1.52. The maximum Gasteiger partial charge on any atom is 0.326 e. The molecule has 0 aliphatic carbocycles. The molecule has 486 valence electrons. The lowest BCUT2D eigenvalue weighted by Crippen LogP contribution is -2.61. The number of aliphatic carboxylic acids is 1. The summed E-state index contributed by atoms with van der Waals surface area (Å²) in [6, 6.07) is -2.73. The number of nitrogens with one attached hydrogen (secondary N) is 12. The molecule has 0 unspecified atom stereocenters. The highest BCUT2D eigenvalue weighted by molar-refractivity contribution is 7.80. The maximum atomic E-state index is 14.6. The summed E-state index contributed by atoms with van der Waals surface area (Å²) in [5.74, 6) is -11.3. The summed E-state index contributed by atoms with van der Waals surface area (Å²) in [7, 11) is 0. The quantitative estimate of drug-likeness (QED) is 0.0203. The second-order valence-corrected chi connectivity index (χ2v) is 22.8. The molecule has 32 heteroatoms. The number of amides is 10. The highest BCUT2D eigenvalue weighted by Crippen LogP contribution is 2.16. The van der Waals surface area contributed by atoms with Crippen LogP contribution in [0.5, 0.6) is 11.5 Å². The highest BCUT2D eigenvalue weighted by atomic mass is 32.1. The van der Waals surface area contributed by atoms with Gasteiger partial charge in [0.15, 0.2) is 0 Å². The molecular formula is C57H81N15O15S2. The summed E-state index contributed by atoms with van der Waals surface area (Å²) in [5, 5.41) is 65.5. The van der Waals surface area contributed by atoms with Crippen LogP contribution >= 0.6 is 25.3 Å².